The highest BCUT2D eigenvalue weighted by atomic mass is 16.5. The summed E-state index contributed by atoms with van der Waals surface area (Å²) < 4.78 is 0. The quantitative estimate of drug-likeness (QED) is 0.587. The lowest BCUT2D eigenvalue weighted by Gasteiger charge is -2.26. The van der Waals surface area contributed by atoms with E-state index in [1.54, 1.807) is 11.5 Å². The zero-order valence-electron chi connectivity index (χ0n) is 13.1. The van der Waals surface area contributed by atoms with E-state index in [2.05, 4.69) is 29.6 Å². The van der Waals surface area contributed by atoms with E-state index in [1.807, 2.05) is 18.2 Å². The Morgan fingerprint density at radius 2 is 1.96 bits per heavy atom. The summed E-state index contributed by atoms with van der Waals surface area (Å²) in [5, 5.41) is 12.4. The third-order valence-corrected chi connectivity index (χ3v) is 4.49. The SMILES string of the molecule is O=C(NO)c1ccc2c(c1)CCC(NCCc1ccccc1)C2. The topological polar surface area (TPSA) is 61.4 Å². The van der Waals surface area contributed by atoms with Gasteiger partial charge in [-0.3, -0.25) is 10.0 Å². The van der Waals surface area contributed by atoms with Crippen molar-refractivity contribution in [2.75, 3.05) is 6.54 Å². The average molecular weight is 310 g/mol. The van der Waals surface area contributed by atoms with E-state index >= 15 is 0 Å². The van der Waals surface area contributed by atoms with Gasteiger partial charge in [-0.1, -0.05) is 36.4 Å². The van der Waals surface area contributed by atoms with E-state index in [0.29, 0.717) is 11.6 Å². The van der Waals surface area contributed by atoms with Crippen LogP contribution in [0, 0.1) is 0 Å². The van der Waals surface area contributed by atoms with Gasteiger partial charge in [0.15, 0.2) is 0 Å². The molecular formula is C19H22N2O2. The molecule has 3 rings (SSSR count). The Hall–Kier alpha value is -2.17. The summed E-state index contributed by atoms with van der Waals surface area (Å²) in [7, 11) is 0. The van der Waals surface area contributed by atoms with Crippen molar-refractivity contribution in [1.82, 2.24) is 10.8 Å². The highest BCUT2D eigenvalue weighted by Gasteiger charge is 2.19. The highest BCUT2D eigenvalue weighted by molar-refractivity contribution is 5.93. The minimum absolute atomic E-state index is 0.448. The first-order valence-corrected chi connectivity index (χ1v) is 8.10. The summed E-state index contributed by atoms with van der Waals surface area (Å²) in [4.78, 5) is 11.5. The summed E-state index contributed by atoms with van der Waals surface area (Å²) in [6.07, 6.45) is 4.07. The van der Waals surface area contributed by atoms with E-state index in [0.717, 1.165) is 32.2 Å². The fourth-order valence-corrected chi connectivity index (χ4v) is 3.20. The molecule has 1 aliphatic rings. The van der Waals surface area contributed by atoms with Crippen molar-refractivity contribution >= 4 is 5.91 Å². The Kier molecular flexibility index (Phi) is 5.05. The molecule has 0 fully saturated rings. The van der Waals surface area contributed by atoms with Crippen LogP contribution in [0.2, 0.25) is 0 Å². The molecule has 4 nitrogen and oxygen atoms in total. The molecule has 3 N–H and O–H groups in total. The Bertz CT molecular complexity index is 670. The molecule has 120 valence electrons. The van der Waals surface area contributed by atoms with Crippen LogP contribution < -0.4 is 10.8 Å². The molecule has 0 saturated carbocycles. The fraction of sp³-hybridized carbons (Fsp3) is 0.316. The number of carbonyl (C=O) groups is 1. The van der Waals surface area contributed by atoms with Gasteiger partial charge in [-0.15, -0.1) is 0 Å². The fourth-order valence-electron chi connectivity index (χ4n) is 3.20. The lowest BCUT2D eigenvalue weighted by molar-refractivity contribution is 0.0706. The average Bonchev–Trinajstić information content (AvgIpc) is 2.61. The van der Waals surface area contributed by atoms with Crippen LogP contribution in [-0.2, 0) is 19.3 Å². The van der Waals surface area contributed by atoms with Crippen LogP contribution in [0.15, 0.2) is 48.5 Å². The predicted molar refractivity (Wildman–Crippen MR) is 89.7 cm³/mol. The van der Waals surface area contributed by atoms with Crippen LogP contribution in [0.25, 0.3) is 0 Å². The predicted octanol–water partition coefficient (Wildman–Crippen LogP) is 2.50. The van der Waals surface area contributed by atoms with Crippen LogP contribution in [0.1, 0.15) is 33.5 Å². The lowest BCUT2D eigenvalue weighted by atomic mass is 9.87. The normalized spacial score (nSPS) is 16.7. The van der Waals surface area contributed by atoms with Crippen LogP contribution in [-0.4, -0.2) is 23.7 Å². The number of fused-ring (bicyclic) bond motifs is 1. The maximum absolute atomic E-state index is 11.5. The molecule has 0 saturated heterocycles. The van der Waals surface area contributed by atoms with Gasteiger partial charge >= 0.3 is 0 Å². The molecule has 2 aromatic carbocycles. The first kappa shape index (κ1) is 15.7. The second-order valence-electron chi connectivity index (χ2n) is 6.05. The number of hydrogen-bond acceptors (Lipinski definition) is 3. The summed E-state index contributed by atoms with van der Waals surface area (Å²) >= 11 is 0. The molecule has 0 aliphatic heterocycles. The van der Waals surface area contributed by atoms with Gasteiger partial charge in [0.05, 0.1) is 0 Å². The number of aryl methyl sites for hydroxylation is 1. The van der Waals surface area contributed by atoms with Crippen molar-refractivity contribution in [3.05, 3.63) is 70.8 Å². The lowest BCUT2D eigenvalue weighted by Crippen LogP contribution is -2.36. The summed E-state index contributed by atoms with van der Waals surface area (Å²) in [6, 6.07) is 16.7. The van der Waals surface area contributed by atoms with Crippen molar-refractivity contribution in [1.29, 1.82) is 0 Å². The molecule has 1 amide bonds. The van der Waals surface area contributed by atoms with Crippen molar-refractivity contribution < 1.29 is 10.0 Å². The molecule has 4 heteroatoms. The molecule has 1 aliphatic carbocycles. The number of rotatable bonds is 5. The third kappa shape index (κ3) is 3.97. The summed E-state index contributed by atoms with van der Waals surface area (Å²) in [5.74, 6) is -0.448. The van der Waals surface area contributed by atoms with Crippen molar-refractivity contribution in [2.45, 2.75) is 31.7 Å². The van der Waals surface area contributed by atoms with Gasteiger partial charge in [-0.05, 0) is 61.1 Å². The molecule has 0 bridgehead atoms. The van der Waals surface area contributed by atoms with Crippen molar-refractivity contribution in [3.63, 3.8) is 0 Å². The Balaban J connectivity index is 1.55. The molecule has 1 unspecified atom stereocenters. The number of hydrogen-bond donors (Lipinski definition) is 3. The molecule has 2 aromatic rings. The van der Waals surface area contributed by atoms with E-state index in [-0.39, 0.29) is 0 Å². The second kappa shape index (κ2) is 7.40. The summed E-state index contributed by atoms with van der Waals surface area (Å²) in [6.45, 7) is 0.981. The van der Waals surface area contributed by atoms with Crippen LogP contribution in [0.3, 0.4) is 0 Å². The van der Waals surface area contributed by atoms with Gasteiger partial charge in [-0.2, -0.15) is 0 Å². The van der Waals surface area contributed by atoms with Gasteiger partial charge < -0.3 is 5.32 Å². The largest absolute Gasteiger partial charge is 0.313 e. The molecule has 0 aromatic heterocycles. The molecule has 0 radical (unpaired) electrons. The zero-order valence-corrected chi connectivity index (χ0v) is 13.1. The maximum Gasteiger partial charge on any atom is 0.274 e. The molecule has 1 atom stereocenters. The zero-order chi connectivity index (χ0) is 16.1. The van der Waals surface area contributed by atoms with Gasteiger partial charge in [0, 0.05) is 11.6 Å². The number of amides is 1. The Morgan fingerprint density at radius 1 is 1.13 bits per heavy atom. The van der Waals surface area contributed by atoms with Gasteiger partial charge in [-0.25, -0.2) is 5.48 Å². The number of benzene rings is 2. The first-order valence-electron chi connectivity index (χ1n) is 8.10. The van der Waals surface area contributed by atoms with Crippen LogP contribution in [0.4, 0.5) is 0 Å². The third-order valence-electron chi connectivity index (χ3n) is 4.49. The maximum atomic E-state index is 11.5. The smallest absolute Gasteiger partial charge is 0.274 e. The Labute approximate surface area is 136 Å². The van der Waals surface area contributed by atoms with Gasteiger partial charge in [0.1, 0.15) is 0 Å². The van der Waals surface area contributed by atoms with Crippen LogP contribution >= 0.6 is 0 Å². The monoisotopic (exact) mass is 310 g/mol. The minimum Gasteiger partial charge on any atom is -0.313 e. The van der Waals surface area contributed by atoms with Crippen LogP contribution in [0.5, 0.6) is 0 Å². The Morgan fingerprint density at radius 3 is 2.74 bits per heavy atom. The van der Waals surface area contributed by atoms with E-state index in [4.69, 9.17) is 5.21 Å². The van der Waals surface area contributed by atoms with Crippen molar-refractivity contribution in [3.8, 4) is 0 Å². The van der Waals surface area contributed by atoms with Crippen molar-refractivity contribution in [2.24, 2.45) is 0 Å². The molecular weight excluding hydrogens is 288 g/mol. The minimum atomic E-state index is -0.448. The second-order valence-corrected chi connectivity index (χ2v) is 6.05. The molecule has 0 heterocycles. The standard InChI is InChI=1S/C19H22N2O2/c22-19(21-23)17-7-6-16-13-18(9-8-15(16)12-17)20-11-10-14-4-2-1-3-5-14/h1-7,12,18,20,23H,8-11,13H2,(H,21,22). The van der Waals surface area contributed by atoms with E-state index in [1.165, 1.54) is 16.7 Å². The number of nitrogens with one attached hydrogen (secondary N) is 2. The van der Waals surface area contributed by atoms with Gasteiger partial charge in [0.25, 0.3) is 5.91 Å². The molecule has 0 spiro atoms. The number of hydroxylamine groups is 1. The molecule has 23 heavy (non-hydrogen) atoms. The van der Waals surface area contributed by atoms with Gasteiger partial charge in [0.2, 0.25) is 0 Å². The summed E-state index contributed by atoms with van der Waals surface area (Å²) in [5.41, 5.74) is 6.07. The highest BCUT2D eigenvalue weighted by Crippen LogP contribution is 2.22. The first-order chi connectivity index (χ1) is 11.3. The van der Waals surface area contributed by atoms with E-state index in [9.17, 15) is 4.79 Å². The number of carbonyl (C=O) groups excluding carboxylic acids is 1. The van der Waals surface area contributed by atoms with E-state index < -0.39 is 5.91 Å².